The second kappa shape index (κ2) is 6.75. The van der Waals surface area contributed by atoms with Crippen molar-refractivity contribution in [1.29, 1.82) is 0 Å². The molecule has 1 N–H and O–H groups in total. The lowest BCUT2D eigenvalue weighted by Gasteiger charge is -2.23. The lowest BCUT2D eigenvalue weighted by Crippen LogP contribution is -2.44. The average Bonchev–Trinajstić information content (AvgIpc) is 2.85. The zero-order valence-electron chi connectivity index (χ0n) is 13.1. The van der Waals surface area contributed by atoms with Crippen LogP contribution >= 0.6 is 23.4 Å². The zero-order valence-corrected chi connectivity index (χ0v) is 14.7. The Morgan fingerprint density at radius 3 is 2.55 bits per heavy atom. The molecule has 22 heavy (non-hydrogen) atoms. The van der Waals surface area contributed by atoms with Crippen LogP contribution in [0.2, 0.25) is 5.02 Å². The van der Waals surface area contributed by atoms with E-state index >= 15 is 0 Å². The largest absolute Gasteiger partial charge is 0.351 e. The molecule has 0 bridgehead atoms. The number of imidazole rings is 1. The van der Waals surface area contributed by atoms with Gasteiger partial charge in [0.15, 0.2) is 5.16 Å². The number of halogens is 1. The van der Waals surface area contributed by atoms with E-state index in [0.29, 0.717) is 5.02 Å². The maximum Gasteiger partial charge on any atom is 0.233 e. The highest BCUT2D eigenvalue weighted by Crippen LogP contribution is 2.25. The van der Waals surface area contributed by atoms with Crippen LogP contribution in [0.25, 0.3) is 5.69 Å². The molecule has 0 radical (unpaired) electrons. The molecule has 1 unspecified atom stereocenters. The number of thioether (sulfide) groups is 1. The Hall–Kier alpha value is -1.46. The van der Waals surface area contributed by atoms with E-state index in [1.165, 1.54) is 11.8 Å². The van der Waals surface area contributed by atoms with E-state index < -0.39 is 0 Å². The number of nitrogens with zero attached hydrogens (tertiary/aromatic N) is 2. The number of hydrogen-bond acceptors (Lipinski definition) is 3. The van der Waals surface area contributed by atoms with Crippen molar-refractivity contribution in [2.24, 2.45) is 0 Å². The third-order valence-electron chi connectivity index (χ3n) is 2.86. The standard InChI is InChI=1S/C16H20ClN3OS/c1-11(14(21)19-16(2,3)4)22-15-18-9-10-20(15)13-7-5-12(17)6-8-13/h5-11H,1-4H3,(H,19,21). The molecule has 0 spiro atoms. The van der Waals surface area contributed by atoms with Crippen molar-refractivity contribution in [3.05, 3.63) is 41.7 Å². The first kappa shape index (κ1) is 16.9. The molecule has 4 nitrogen and oxygen atoms in total. The van der Waals surface area contributed by atoms with E-state index in [1.54, 1.807) is 6.20 Å². The fourth-order valence-corrected chi connectivity index (χ4v) is 2.87. The van der Waals surface area contributed by atoms with Gasteiger partial charge in [-0.15, -0.1) is 0 Å². The number of amides is 1. The number of aromatic nitrogens is 2. The van der Waals surface area contributed by atoms with Gasteiger partial charge in [0.05, 0.1) is 5.25 Å². The molecular formula is C16H20ClN3OS. The topological polar surface area (TPSA) is 46.9 Å². The Labute approximate surface area is 140 Å². The van der Waals surface area contributed by atoms with E-state index in [-0.39, 0.29) is 16.7 Å². The van der Waals surface area contributed by atoms with Gasteiger partial charge in [-0.25, -0.2) is 4.98 Å². The monoisotopic (exact) mass is 337 g/mol. The van der Waals surface area contributed by atoms with Crippen LogP contribution in [-0.2, 0) is 4.79 Å². The number of carbonyl (C=O) groups excluding carboxylic acids is 1. The first-order valence-corrected chi connectivity index (χ1v) is 8.30. The fourth-order valence-electron chi connectivity index (χ4n) is 1.86. The molecule has 0 saturated heterocycles. The van der Waals surface area contributed by atoms with Crippen molar-refractivity contribution < 1.29 is 4.79 Å². The zero-order chi connectivity index (χ0) is 16.3. The van der Waals surface area contributed by atoms with Crippen LogP contribution in [0.5, 0.6) is 0 Å². The fraction of sp³-hybridized carbons (Fsp3) is 0.375. The van der Waals surface area contributed by atoms with Crippen LogP contribution in [0.15, 0.2) is 41.8 Å². The molecule has 1 aromatic carbocycles. The molecule has 1 atom stereocenters. The summed E-state index contributed by atoms with van der Waals surface area (Å²) in [7, 11) is 0. The second-order valence-corrected chi connectivity index (χ2v) is 7.80. The number of carbonyl (C=O) groups is 1. The summed E-state index contributed by atoms with van der Waals surface area (Å²) >= 11 is 7.35. The molecule has 0 aliphatic heterocycles. The van der Waals surface area contributed by atoms with Gasteiger partial charge in [-0.05, 0) is 52.0 Å². The SMILES string of the molecule is CC(Sc1nccn1-c1ccc(Cl)cc1)C(=O)NC(C)(C)C. The number of hydrogen-bond donors (Lipinski definition) is 1. The Balaban J connectivity index is 2.13. The first-order chi connectivity index (χ1) is 10.3. The first-order valence-electron chi connectivity index (χ1n) is 7.04. The predicted molar refractivity (Wildman–Crippen MR) is 91.8 cm³/mol. The average molecular weight is 338 g/mol. The maximum atomic E-state index is 12.2. The molecule has 1 amide bonds. The van der Waals surface area contributed by atoms with Crippen molar-refractivity contribution in [2.75, 3.05) is 0 Å². The molecular weight excluding hydrogens is 318 g/mol. The quantitative estimate of drug-likeness (QED) is 0.860. The van der Waals surface area contributed by atoms with Crippen molar-refractivity contribution in [1.82, 2.24) is 14.9 Å². The Bertz CT molecular complexity index is 646. The molecule has 2 aromatic rings. The highest BCUT2D eigenvalue weighted by molar-refractivity contribution is 8.00. The third-order valence-corrected chi connectivity index (χ3v) is 4.19. The van der Waals surface area contributed by atoms with Crippen LogP contribution in [-0.4, -0.2) is 26.2 Å². The third kappa shape index (κ3) is 4.52. The molecule has 0 aliphatic rings. The van der Waals surface area contributed by atoms with Gasteiger partial charge in [0, 0.05) is 28.6 Å². The Morgan fingerprint density at radius 2 is 1.95 bits per heavy atom. The van der Waals surface area contributed by atoms with Crippen molar-refractivity contribution >= 4 is 29.3 Å². The molecule has 0 fully saturated rings. The number of rotatable bonds is 4. The minimum atomic E-state index is -0.239. The number of nitrogens with one attached hydrogen (secondary N) is 1. The van der Waals surface area contributed by atoms with E-state index in [2.05, 4.69) is 10.3 Å². The summed E-state index contributed by atoms with van der Waals surface area (Å²) in [6.45, 7) is 7.79. The van der Waals surface area contributed by atoms with Gasteiger partial charge < -0.3 is 5.32 Å². The summed E-state index contributed by atoms with van der Waals surface area (Å²) in [4.78, 5) is 16.5. The van der Waals surface area contributed by atoms with E-state index in [1.807, 2.05) is 62.7 Å². The normalized spacial score (nSPS) is 13.0. The summed E-state index contributed by atoms with van der Waals surface area (Å²) in [6.07, 6.45) is 3.60. The summed E-state index contributed by atoms with van der Waals surface area (Å²) in [5, 5.41) is 4.22. The maximum absolute atomic E-state index is 12.2. The van der Waals surface area contributed by atoms with Gasteiger partial charge in [0.2, 0.25) is 5.91 Å². The van der Waals surface area contributed by atoms with Gasteiger partial charge in [0.1, 0.15) is 0 Å². The molecule has 1 aromatic heterocycles. The Kier molecular flexibility index (Phi) is 5.19. The lowest BCUT2D eigenvalue weighted by atomic mass is 10.1. The molecule has 0 aliphatic carbocycles. The molecule has 0 saturated carbocycles. The predicted octanol–water partition coefficient (Wildman–Crippen LogP) is 3.92. The highest BCUT2D eigenvalue weighted by atomic mass is 35.5. The smallest absolute Gasteiger partial charge is 0.233 e. The summed E-state index contributed by atoms with van der Waals surface area (Å²) in [5.74, 6) is 0.00292. The summed E-state index contributed by atoms with van der Waals surface area (Å²) < 4.78 is 1.95. The van der Waals surface area contributed by atoms with Crippen LogP contribution in [0.4, 0.5) is 0 Å². The van der Waals surface area contributed by atoms with Gasteiger partial charge >= 0.3 is 0 Å². The van der Waals surface area contributed by atoms with Crippen LogP contribution in [0, 0.1) is 0 Å². The van der Waals surface area contributed by atoms with Crippen molar-refractivity contribution in [3.63, 3.8) is 0 Å². The van der Waals surface area contributed by atoms with E-state index in [4.69, 9.17) is 11.6 Å². The van der Waals surface area contributed by atoms with E-state index in [0.717, 1.165) is 10.8 Å². The van der Waals surface area contributed by atoms with Gasteiger partial charge in [-0.1, -0.05) is 23.4 Å². The molecule has 118 valence electrons. The van der Waals surface area contributed by atoms with Crippen molar-refractivity contribution in [2.45, 2.75) is 43.6 Å². The highest BCUT2D eigenvalue weighted by Gasteiger charge is 2.21. The Morgan fingerprint density at radius 1 is 1.32 bits per heavy atom. The minimum Gasteiger partial charge on any atom is -0.351 e. The van der Waals surface area contributed by atoms with Gasteiger partial charge in [0.25, 0.3) is 0 Å². The summed E-state index contributed by atoms with van der Waals surface area (Å²) in [5.41, 5.74) is 0.727. The molecule has 1 heterocycles. The van der Waals surface area contributed by atoms with E-state index in [9.17, 15) is 4.79 Å². The van der Waals surface area contributed by atoms with Crippen LogP contribution < -0.4 is 5.32 Å². The summed E-state index contributed by atoms with van der Waals surface area (Å²) in [6, 6.07) is 7.52. The van der Waals surface area contributed by atoms with Crippen LogP contribution in [0.1, 0.15) is 27.7 Å². The minimum absolute atomic E-state index is 0.00292. The molecule has 2 rings (SSSR count). The van der Waals surface area contributed by atoms with Crippen LogP contribution in [0.3, 0.4) is 0 Å². The second-order valence-electron chi connectivity index (χ2n) is 6.06. The molecule has 6 heteroatoms. The van der Waals surface area contributed by atoms with Gasteiger partial charge in [-0.3, -0.25) is 9.36 Å². The van der Waals surface area contributed by atoms with Crippen molar-refractivity contribution in [3.8, 4) is 5.69 Å². The number of benzene rings is 1. The lowest BCUT2D eigenvalue weighted by molar-refractivity contribution is -0.121. The van der Waals surface area contributed by atoms with Gasteiger partial charge in [-0.2, -0.15) is 0 Å².